The first-order valence-corrected chi connectivity index (χ1v) is 9.64. The topological polar surface area (TPSA) is 106 Å². The smallest absolute Gasteiger partial charge is 0.247 e. The molecule has 0 radical (unpaired) electrons. The molecule has 0 saturated heterocycles. The Labute approximate surface area is 165 Å². The summed E-state index contributed by atoms with van der Waals surface area (Å²) in [5.41, 5.74) is 14.7. The van der Waals surface area contributed by atoms with Gasteiger partial charge in [-0.2, -0.15) is 0 Å². The van der Waals surface area contributed by atoms with Crippen LogP contribution in [0.5, 0.6) is 0 Å². The monoisotopic (exact) mass is 377 g/mol. The summed E-state index contributed by atoms with van der Waals surface area (Å²) in [4.78, 5) is 20.6. The van der Waals surface area contributed by atoms with E-state index in [1.54, 1.807) is 6.08 Å². The van der Waals surface area contributed by atoms with Crippen LogP contribution in [0.1, 0.15) is 43.7 Å². The lowest BCUT2D eigenvalue weighted by atomic mass is 9.94. The molecule has 2 aliphatic carbocycles. The minimum absolute atomic E-state index is 0.0561. The Morgan fingerprint density at radius 1 is 1.29 bits per heavy atom. The van der Waals surface area contributed by atoms with Gasteiger partial charge in [-0.05, 0) is 55.5 Å². The first-order valence-electron chi connectivity index (χ1n) is 9.64. The number of carbonyl (C=O) groups is 1. The second-order valence-corrected chi connectivity index (χ2v) is 7.16. The number of nitrogens with zero attached hydrogens (tertiary/aromatic N) is 2. The third-order valence-corrected chi connectivity index (χ3v) is 5.07. The number of carbonyl (C=O) groups excluding carboxylic acids is 1. The van der Waals surface area contributed by atoms with Crippen molar-refractivity contribution >= 4 is 17.6 Å². The van der Waals surface area contributed by atoms with E-state index in [0.717, 1.165) is 29.9 Å². The molecular formula is C22H27N5O. The van der Waals surface area contributed by atoms with Crippen molar-refractivity contribution in [3.8, 4) is 0 Å². The number of rotatable bonds is 6. The first kappa shape index (κ1) is 19.6. The van der Waals surface area contributed by atoms with E-state index in [2.05, 4.69) is 27.9 Å². The number of aliphatic imine (C=N–C) groups is 1. The van der Waals surface area contributed by atoms with Gasteiger partial charge in [-0.25, -0.2) is 9.98 Å². The van der Waals surface area contributed by atoms with Crippen LogP contribution in [0.4, 0.5) is 5.82 Å². The molecule has 1 saturated carbocycles. The van der Waals surface area contributed by atoms with Crippen molar-refractivity contribution in [2.45, 2.75) is 38.0 Å². The molecule has 1 amide bonds. The van der Waals surface area contributed by atoms with Gasteiger partial charge in [0.15, 0.2) is 5.82 Å². The van der Waals surface area contributed by atoms with E-state index in [4.69, 9.17) is 11.5 Å². The Kier molecular flexibility index (Phi) is 6.42. The number of hydrogen-bond donors (Lipinski definition) is 3. The summed E-state index contributed by atoms with van der Waals surface area (Å²) in [6.07, 6.45) is 14.2. The summed E-state index contributed by atoms with van der Waals surface area (Å²) in [5.74, 6) is 1.17. The fraction of sp³-hybridized carbons (Fsp3) is 0.318. The standard InChI is InChI=1S/C22H27N5O/c1-2-22(28)25-17-10-5-9-16(13-17)19-11-6-12-21(26-19)27-20(24)14-18(23)15-7-3-4-8-15/h2,5-6,9-12,14-16H,1,3-4,7-8,13,23H2,(H,25,28)(H2,24,26,27)/b18-14-. The van der Waals surface area contributed by atoms with Crippen molar-refractivity contribution in [3.63, 3.8) is 0 Å². The van der Waals surface area contributed by atoms with Gasteiger partial charge in [0, 0.05) is 17.3 Å². The van der Waals surface area contributed by atoms with Gasteiger partial charge in [0.05, 0.1) is 5.69 Å². The molecule has 0 aliphatic heterocycles. The SMILES string of the molecule is C=CC(=O)NC1=CC=CC(c2cccc(N=C(N)/C=C(\N)C3CCCC3)n2)C1. The Bertz CT molecular complexity index is 859. The summed E-state index contributed by atoms with van der Waals surface area (Å²) < 4.78 is 0. The number of hydrogen-bond acceptors (Lipinski definition) is 4. The molecular weight excluding hydrogens is 350 g/mol. The van der Waals surface area contributed by atoms with Gasteiger partial charge < -0.3 is 16.8 Å². The summed E-state index contributed by atoms with van der Waals surface area (Å²) in [7, 11) is 0. The molecule has 6 heteroatoms. The number of nitrogens with two attached hydrogens (primary N) is 2. The summed E-state index contributed by atoms with van der Waals surface area (Å²) in [6.45, 7) is 3.48. The highest BCUT2D eigenvalue weighted by Crippen LogP contribution is 2.29. The van der Waals surface area contributed by atoms with Crippen LogP contribution in [-0.2, 0) is 4.79 Å². The van der Waals surface area contributed by atoms with Crippen LogP contribution in [0.3, 0.4) is 0 Å². The van der Waals surface area contributed by atoms with Crippen LogP contribution < -0.4 is 16.8 Å². The third-order valence-electron chi connectivity index (χ3n) is 5.07. The van der Waals surface area contributed by atoms with E-state index < -0.39 is 0 Å². The molecule has 0 bridgehead atoms. The highest BCUT2D eigenvalue weighted by Gasteiger charge is 2.18. The van der Waals surface area contributed by atoms with E-state index in [0.29, 0.717) is 24.0 Å². The molecule has 1 fully saturated rings. The lowest BCUT2D eigenvalue weighted by Crippen LogP contribution is -2.22. The number of nitrogens with one attached hydrogen (secondary N) is 1. The molecule has 146 valence electrons. The van der Waals surface area contributed by atoms with Crippen LogP contribution in [0, 0.1) is 5.92 Å². The second-order valence-electron chi connectivity index (χ2n) is 7.16. The van der Waals surface area contributed by atoms with Gasteiger partial charge in [-0.15, -0.1) is 0 Å². The zero-order valence-electron chi connectivity index (χ0n) is 16.0. The van der Waals surface area contributed by atoms with Crippen LogP contribution in [0.15, 0.2) is 71.5 Å². The van der Waals surface area contributed by atoms with Gasteiger partial charge in [-0.3, -0.25) is 4.79 Å². The minimum atomic E-state index is -0.217. The normalized spacial score (nSPS) is 20.7. The third kappa shape index (κ3) is 5.19. The molecule has 1 atom stereocenters. The molecule has 1 aromatic heterocycles. The average Bonchev–Trinajstić information content (AvgIpc) is 3.23. The highest BCUT2D eigenvalue weighted by molar-refractivity contribution is 5.93. The van der Waals surface area contributed by atoms with Crippen molar-refractivity contribution < 1.29 is 4.79 Å². The van der Waals surface area contributed by atoms with Gasteiger partial charge in [0.2, 0.25) is 5.91 Å². The summed E-state index contributed by atoms with van der Waals surface area (Å²) >= 11 is 0. The fourth-order valence-electron chi connectivity index (χ4n) is 3.60. The zero-order valence-corrected chi connectivity index (χ0v) is 16.0. The Morgan fingerprint density at radius 3 is 2.82 bits per heavy atom. The summed E-state index contributed by atoms with van der Waals surface area (Å²) in [6, 6.07) is 5.68. The molecule has 0 aromatic carbocycles. The van der Waals surface area contributed by atoms with Crippen molar-refractivity contribution in [2.24, 2.45) is 22.4 Å². The van der Waals surface area contributed by atoms with Crippen LogP contribution in [0.25, 0.3) is 0 Å². The lowest BCUT2D eigenvalue weighted by molar-refractivity contribution is -0.115. The quantitative estimate of drug-likeness (QED) is 0.401. The Balaban J connectivity index is 1.71. The zero-order chi connectivity index (χ0) is 19.9. The molecule has 1 unspecified atom stereocenters. The molecule has 5 N–H and O–H groups in total. The van der Waals surface area contributed by atoms with Crippen molar-refractivity contribution in [1.82, 2.24) is 10.3 Å². The Morgan fingerprint density at radius 2 is 2.07 bits per heavy atom. The number of pyridine rings is 1. The molecule has 6 nitrogen and oxygen atoms in total. The molecule has 28 heavy (non-hydrogen) atoms. The average molecular weight is 377 g/mol. The Hall–Kier alpha value is -3.15. The van der Waals surface area contributed by atoms with Crippen LogP contribution >= 0.6 is 0 Å². The highest BCUT2D eigenvalue weighted by atomic mass is 16.1. The van der Waals surface area contributed by atoms with Gasteiger partial charge in [-0.1, -0.05) is 37.6 Å². The van der Waals surface area contributed by atoms with Crippen molar-refractivity contribution in [3.05, 3.63) is 72.2 Å². The second kappa shape index (κ2) is 9.17. The van der Waals surface area contributed by atoms with E-state index in [1.807, 2.05) is 30.4 Å². The number of allylic oxidation sites excluding steroid dienone is 5. The fourth-order valence-corrected chi connectivity index (χ4v) is 3.60. The van der Waals surface area contributed by atoms with E-state index in [1.165, 1.54) is 18.9 Å². The van der Waals surface area contributed by atoms with E-state index >= 15 is 0 Å². The number of amidine groups is 1. The lowest BCUT2D eigenvalue weighted by Gasteiger charge is -2.18. The molecule has 2 aliphatic rings. The maximum atomic E-state index is 11.5. The predicted octanol–water partition coefficient (Wildman–Crippen LogP) is 3.33. The molecule has 1 aromatic rings. The maximum Gasteiger partial charge on any atom is 0.247 e. The maximum absolute atomic E-state index is 11.5. The van der Waals surface area contributed by atoms with E-state index in [9.17, 15) is 4.79 Å². The summed E-state index contributed by atoms with van der Waals surface area (Å²) in [5, 5.41) is 2.82. The van der Waals surface area contributed by atoms with Gasteiger partial charge in [0.25, 0.3) is 0 Å². The predicted molar refractivity (Wildman–Crippen MR) is 113 cm³/mol. The van der Waals surface area contributed by atoms with Crippen molar-refractivity contribution in [1.29, 1.82) is 0 Å². The largest absolute Gasteiger partial charge is 0.402 e. The van der Waals surface area contributed by atoms with Crippen LogP contribution in [-0.4, -0.2) is 16.7 Å². The number of amides is 1. The first-order chi connectivity index (χ1) is 13.5. The van der Waals surface area contributed by atoms with Crippen molar-refractivity contribution in [2.75, 3.05) is 0 Å². The van der Waals surface area contributed by atoms with Gasteiger partial charge >= 0.3 is 0 Å². The molecule has 3 rings (SSSR count). The molecule has 0 spiro atoms. The van der Waals surface area contributed by atoms with Gasteiger partial charge in [0.1, 0.15) is 5.84 Å². The molecule has 1 heterocycles. The van der Waals surface area contributed by atoms with Crippen LogP contribution in [0.2, 0.25) is 0 Å². The minimum Gasteiger partial charge on any atom is -0.402 e. The number of aromatic nitrogens is 1. The van der Waals surface area contributed by atoms with E-state index in [-0.39, 0.29) is 11.8 Å².